The Kier molecular flexibility index (Phi) is 8.81. The Balaban J connectivity index is 2.11. The smallest absolute Gasteiger partial charge is 0.233 e. The highest BCUT2D eigenvalue weighted by atomic mass is 32.1. The Bertz CT molecular complexity index is 472. The van der Waals surface area contributed by atoms with E-state index in [1.807, 2.05) is 26.8 Å². The van der Waals surface area contributed by atoms with E-state index in [4.69, 9.17) is 17.1 Å². The van der Waals surface area contributed by atoms with E-state index in [-0.39, 0.29) is 5.60 Å². The van der Waals surface area contributed by atoms with Gasteiger partial charge in [0, 0.05) is 6.54 Å². The Hall–Kier alpha value is -1.46. The van der Waals surface area contributed by atoms with Gasteiger partial charge < -0.3 is 5.32 Å². The van der Waals surface area contributed by atoms with Crippen LogP contribution in [0.5, 0.6) is 0 Å². The zero-order chi connectivity index (χ0) is 17.1. The molecule has 0 aliphatic rings. The number of carbonyl (C=O) groups excluding carboxylic acids is 1. The van der Waals surface area contributed by atoms with Gasteiger partial charge in [0.05, 0.1) is 17.1 Å². The molecule has 0 radical (unpaired) electrons. The molecule has 0 spiro atoms. The summed E-state index contributed by atoms with van der Waals surface area (Å²) in [5.74, 6) is 0. The molecule has 5 heteroatoms. The molecule has 1 amide bonds. The van der Waals surface area contributed by atoms with Gasteiger partial charge in [-0.1, -0.05) is 42.5 Å². The van der Waals surface area contributed by atoms with Crippen LogP contribution in [0.1, 0.15) is 45.6 Å². The number of benzene rings is 1. The van der Waals surface area contributed by atoms with E-state index in [1.165, 1.54) is 10.6 Å². The predicted molar refractivity (Wildman–Crippen MR) is 98.2 cm³/mol. The highest BCUT2D eigenvalue weighted by molar-refractivity contribution is 7.80. The summed E-state index contributed by atoms with van der Waals surface area (Å²) in [5, 5.41) is 4.49. The maximum absolute atomic E-state index is 10.9. The fourth-order valence-electron chi connectivity index (χ4n) is 2.12. The molecule has 0 fully saturated rings. The number of hydrogen-bond acceptors (Lipinski definition) is 3. The van der Waals surface area contributed by atoms with Gasteiger partial charge in [-0.3, -0.25) is 9.63 Å². The van der Waals surface area contributed by atoms with Crippen LogP contribution in [0.15, 0.2) is 30.3 Å². The maximum Gasteiger partial charge on any atom is 0.233 e. The van der Waals surface area contributed by atoms with Gasteiger partial charge >= 0.3 is 0 Å². The summed E-state index contributed by atoms with van der Waals surface area (Å²) in [6, 6.07) is 10.5. The minimum atomic E-state index is -0.376. The second-order valence-corrected chi connectivity index (χ2v) is 6.99. The lowest BCUT2D eigenvalue weighted by atomic mass is 10.1. The van der Waals surface area contributed by atoms with E-state index < -0.39 is 0 Å². The Labute approximate surface area is 145 Å². The van der Waals surface area contributed by atoms with E-state index >= 15 is 0 Å². The van der Waals surface area contributed by atoms with Crippen LogP contribution in [0.3, 0.4) is 0 Å². The van der Waals surface area contributed by atoms with Crippen LogP contribution in [0.4, 0.5) is 0 Å². The topological polar surface area (TPSA) is 41.6 Å². The molecule has 4 nitrogen and oxygen atoms in total. The maximum atomic E-state index is 10.9. The van der Waals surface area contributed by atoms with E-state index in [1.54, 1.807) is 0 Å². The number of aryl methyl sites for hydroxylation is 1. The molecule has 1 rings (SSSR count). The first-order valence-electron chi connectivity index (χ1n) is 8.12. The van der Waals surface area contributed by atoms with Crippen molar-refractivity contribution in [2.24, 2.45) is 0 Å². The Morgan fingerprint density at radius 2 is 1.96 bits per heavy atom. The van der Waals surface area contributed by atoms with E-state index in [9.17, 15) is 4.79 Å². The summed E-state index contributed by atoms with van der Waals surface area (Å²) in [4.78, 5) is 17.3. The molecule has 0 aliphatic carbocycles. The highest BCUT2D eigenvalue weighted by Gasteiger charge is 2.15. The summed E-state index contributed by atoms with van der Waals surface area (Å²) in [6.45, 7) is 6.81. The third-order valence-electron chi connectivity index (χ3n) is 3.13. The third-order valence-corrected chi connectivity index (χ3v) is 3.47. The average Bonchev–Trinajstić information content (AvgIpc) is 2.50. The lowest BCUT2D eigenvalue weighted by Gasteiger charge is -2.26. The normalized spacial score (nSPS) is 11.1. The molecule has 0 bridgehead atoms. The van der Waals surface area contributed by atoms with Crippen molar-refractivity contribution >= 4 is 23.6 Å². The molecule has 0 saturated carbocycles. The van der Waals surface area contributed by atoms with Crippen molar-refractivity contribution in [1.29, 1.82) is 0 Å². The first-order chi connectivity index (χ1) is 10.9. The number of hydroxylamine groups is 2. The molecule has 0 unspecified atom stereocenters. The van der Waals surface area contributed by atoms with Gasteiger partial charge in [0.15, 0.2) is 0 Å². The van der Waals surface area contributed by atoms with Gasteiger partial charge in [0.2, 0.25) is 6.41 Å². The molecular weight excluding hydrogens is 308 g/mol. The van der Waals surface area contributed by atoms with Gasteiger partial charge in [-0.25, -0.2) is 5.06 Å². The largest absolute Gasteiger partial charge is 0.378 e. The van der Waals surface area contributed by atoms with Gasteiger partial charge in [0.1, 0.15) is 0 Å². The number of hydrogen-bond donors (Lipinski definition) is 1. The van der Waals surface area contributed by atoms with Crippen LogP contribution >= 0.6 is 12.2 Å². The Morgan fingerprint density at radius 1 is 1.26 bits per heavy atom. The lowest BCUT2D eigenvalue weighted by Crippen LogP contribution is -2.38. The van der Waals surface area contributed by atoms with E-state index in [0.29, 0.717) is 19.5 Å². The number of nitrogens with one attached hydrogen (secondary N) is 1. The predicted octanol–water partition coefficient (Wildman–Crippen LogP) is 3.50. The van der Waals surface area contributed by atoms with Crippen LogP contribution in [0.2, 0.25) is 0 Å². The van der Waals surface area contributed by atoms with Crippen LogP contribution in [0, 0.1) is 0 Å². The quantitative estimate of drug-likeness (QED) is 0.307. The zero-order valence-corrected chi connectivity index (χ0v) is 15.2. The SMILES string of the molecule is CC(C)(C)ON(C=O)CCNC(=S)CCCCc1ccccc1. The number of thiocarbonyl (C=S) groups is 1. The summed E-state index contributed by atoms with van der Waals surface area (Å²) in [6.07, 6.45) is 4.86. The number of rotatable bonds is 10. The molecule has 1 aromatic carbocycles. The first-order valence-corrected chi connectivity index (χ1v) is 8.53. The molecule has 0 aliphatic heterocycles. The fourth-order valence-corrected chi connectivity index (χ4v) is 2.37. The summed E-state index contributed by atoms with van der Waals surface area (Å²) in [5.41, 5.74) is 0.992. The van der Waals surface area contributed by atoms with Crippen molar-refractivity contribution in [3.8, 4) is 0 Å². The van der Waals surface area contributed by atoms with Crippen LogP contribution in [-0.2, 0) is 16.1 Å². The van der Waals surface area contributed by atoms with Crippen LogP contribution in [-0.4, -0.2) is 35.2 Å². The molecule has 0 heterocycles. The molecule has 1 N–H and O–H groups in total. The Morgan fingerprint density at radius 3 is 2.57 bits per heavy atom. The zero-order valence-electron chi connectivity index (χ0n) is 14.4. The van der Waals surface area contributed by atoms with Gasteiger partial charge in [-0.05, 0) is 52.0 Å². The standard InChI is InChI=1S/C18H28N2O2S/c1-18(2,3)22-20(15-21)14-13-19-17(23)12-8-7-11-16-9-5-4-6-10-16/h4-6,9-10,15H,7-8,11-14H2,1-3H3,(H,19,23). The van der Waals surface area contributed by atoms with Crippen molar-refractivity contribution in [2.75, 3.05) is 13.1 Å². The number of nitrogens with zero attached hydrogens (tertiary/aromatic N) is 1. The minimum Gasteiger partial charge on any atom is -0.378 e. The fraction of sp³-hybridized carbons (Fsp3) is 0.556. The molecule has 1 aromatic rings. The number of amides is 1. The first kappa shape index (κ1) is 19.6. The highest BCUT2D eigenvalue weighted by Crippen LogP contribution is 2.09. The lowest BCUT2D eigenvalue weighted by molar-refractivity contribution is -0.215. The molecular formula is C18H28N2O2S. The minimum absolute atomic E-state index is 0.376. The molecule has 128 valence electrons. The van der Waals surface area contributed by atoms with Crippen molar-refractivity contribution in [3.05, 3.63) is 35.9 Å². The van der Waals surface area contributed by atoms with Gasteiger partial charge in [-0.15, -0.1) is 0 Å². The van der Waals surface area contributed by atoms with Crippen LogP contribution < -0.4 is 5.32 Å². The molecule has 0 saturated heterocycles. The summed E-state index contributed by atoms with van der Waals surface area (Å²) in [7, 11) is 0. The van der Waals surface area contributed by atoms with Crippen molar-refractivity contribution < 1.29 is 9.63 Å². The number of unbranched alkanes of at least 4 members (excludes halogenated alkanes) is 1. The van der Waals surface area contributed by atoms with Crippen molar-refractivity contribution in [1.82, 2.24) is 10.4 Å². The van der Waals surface area contributed by atoms with Gasteiger partial charge in [-0.2, -0.15) is 0 Å². The number of carbonyl (C=O) groups is 1. The summed E-state index contributed by atoms with van der Waals surface area (Å²) >= 11 is 5.32. The van der Waals surface area contributed by atoms with E-state index in [2.05, 4.69) is 29.6 Å². The monoisotopic (exact) mass is 336 g/mol. The van der Waals surface area contributed by atoms with E-state index in [0.717, 1.165) is 30.7 Å². The second-order valence-electron chi connectivity index (χ2n) is 6.49. The molecule has 0 atom stereocenters. The molecule has 0 aromatic heterocycles. The summed E-state index contributed by atoms with van der Waals surface area (Å²) < 4.78 is 0. The third kappa shape index (κ3) is 10.0. The van der Waals surface area contributed by atoms with Crippen LogP contribution in [0.25, 0.3) is 0 Å². The second kappa shape index (κ2) is 10.3. The van der Waals surface area contributed by atoms with Crippen molar-refractivity contribution in [2.45, 2.75) is 52.1 Å². The molecule has 23 heavy (non-hydrogen) atoms. The average molecular weight is 337 g/mol. The van der Waals surface area contributed by atoms with Gasteiger partial charge in [0.25, 0.3) is 0 Å². The van der Waals surface area contributed by atoms with Crippen molar-refractivity contribution in [3.63, 3.8) is 0 Å².